The van der Waals surface area contributed by atoms with Gasteiger partial charge in [-0.15, -0.1) is 0 Å². The van der Waals surface area contributed by atoms with Gasteiger partial charge < -0.3 is 15.1 Å². The second-order valence-corrected chi connectivity index (χ2v) is 8.05. The van der Waals surface area contributed by atoms with E-state index in [1.54, 1.807) is 6.20 Å². The molecule has 2 aliphatic heterocycles. The number of nitrogens with zero attached hydrogens (tertiary/aromatic N) is 3. The molecule has 2 fully saturated rings. The molecule has 0 radical (unpaired) electrons. The molecule has 0 saturated carbocycles. The van der Waals surface area contributed by atoms with E-state index in [2.05, 4.69) is 15.2 Å². The molecule has 2 unspecified atom stereocenters. The SMILES string of the molecule is CCCC(=O)N1CCCC(C(=O)N(Cc2ccccn2)C2CCCNCC2)C1. The van der Waals surface area contributed by atoms with Gasteiger partial charge in [-0.25, -0.2) is 0 Å². The van der Waals surface area contributed by atoms with Crippen molar-refractivity contribution in [2.24, 2.45) is 5.92 Å². The molecule has 0 aromatic carbocycles. The molecule has 1 aromatic rings. The number of piperidine rings is 1. The van der Waals surface area contributed by atoms with Crippen LogP contribution in [-0.4, -0.2) is 58.8 Å². The van der Waals surface area contributed by atoms with Crippen molar-refractivity contribution in [3.8, 4) is 0 Å². The van der Waals surface area contributed by atoms with Crippen LogP contribution in [0.15, 0.2) is 24.4 Å². The molecule has 3 heterocycles. The van der Waals surface area contributed by atoms with Gasteiger partial charge in [0.2, 0.25) is 11.8 Å². The number of amides is 2. The van der Waals surface area contributed by atoms with Gasteiger partial charge in [-0.05, 0) is 63.7 Å². The van der Waals surface area contributed by atoms with Crippen LogP contribution in [-0.2, 0) is 16.1 Å². The summed E-state index contributed by atoms with van der Waals surface area (Å²) < 4.78 is 0. The maximum atomic E-state index is 13.6. The molecule has 6 heteroatoms. The molecule has 2 aliphatic rings. The highest BCUT2D eigenvalue weighted by Crippen LogP contribution is 2.24. The first kappa shape index (κ1) is 20.8. The summed E-state index contributed by atoms with van der Waals surface area (Å²) >= 11 is 0. The van der Waals surface area contributed by atoms with Crippen LogP contribution in [0.4, 0.5) is 0 Å². The summed E-state index contributed by atoms with van der Waals surface area (Å²) in [5.74, 6) is 0.302. The number of hydrogen-bond acceptors (Lipinski definition) is 4. The van der Waals surface area contributed by atoms with E-state index in [0.29, 0.717) is 19.5 Å². The monoisotopic (exact) mass is 386 g/mol. The third-order valence-electron chi connectivity index (χ3n) is 5.91. The Kier molecular flexibility index (Phi) is 7.83. The zero-order chi connectivity index (χ0) is 19.8. The van der Waals surface area contributed by atoms with Crippen molar-refractivity contribution < 1.29 is 9.59 Å². The Hall–Kier alpha value is -1.95. The first-order valence-corrected chi connectivity index (χ1v) is 10.9. The average molecular weight is 387 g/mol. The van der Waals surface area contributed by atoms with E-state index in [1.807, 2.05) is 30.0 Å². The van der Waals surface area contributed by atoms with Crippen LogP contribution in [0.5, 0.6) is 0 Å². The van der Waals surface area contributed by atoms with Crippen molar-refractivity contribution in [3.63, 3.8) is 0 Å². The summed E-state index contributed by atoms with van der Waals surface area (Å²) in [4.78, 5) is 34.4. The minimum absolute atomic E-state index is 0.0884. The maximum absolute atomic E-state index is 13.6. The Bertz CT molecular complexity index is 629. The lowest BCUT2D eigenvalue weighted by atomic mass is 9.94. The zero-order valence-electron chi connectivity index (χ0n) is 17.1. The van der Waals surface area contributed by atoms with E-state index in [0.717, 1.165) is 63.9 Å². The van der Waals surface area contributed by atoms with Gasteiger partial charge in [-0.2, -0.15) is 0 Å². The molecule has 2 atom stereocenters. The van der Waals surface area contributed by atoms with Crippen LogP contribution in [0.25, 0.3) is 0 Å². The lowest BCUT2D eigenvalue weighted by molar-refractivity contribution is -0.143. The summed E-state index contributed by atoms with van der Waals surface area (Å²) in [6.45, 7) is 5.91. The molecule has 2 amide bonds. The molecule has 3 rings (SSSR count). The summed E-state index contributed by atoms with van der Waals surface area (Å²) in [5, 5.41) is 3.44. The lowest BCUT2D eigenvalue weighted by Gasteiger charge is -2.38. The first-order chi connectivity index (χ1) is 13.7. The van der Waals surface area contributed by atoms with E-state index in [-0.39, 0.29) is 23.8 Å². The fraction of sp³-hybridized carbons (Fsp3) is 0.682. The van der Waals surface area contributed by atoms with Gasteiger partial charge in [0.05, 0.1) is 18.2 Å². The number of nitrogens with one attached hydrogen (secondary N) is 1. The van der Waals surface area contributed by atoms with Gasteiger partial charge in [0.1, 0.15) is 0 Å². The second-order valence-electron chi connectivity index (χ2n) is 8.05. The van der Waals surface area contributed by atoms with Crippen molar-refractivity contribution in [1.29, 1.82) is 0 Å². The molecule has 6 nitrogen and oxygen atoms in total. The quantitative estimate of drug-likeness (QED) is 0.816. The number of rotatable bonds is 6. The third kappa shape index (κ3) is 5.53. The number of likely N-dealkylation sites (tertiary alicyclic amines) is 1. The molecular weight excluding hydrogens is 352 g/mol. The van der Waals surface area contributed by atoms with Crippen LogP contribution in [0.1, 0.15) is 57.6 Å². The highest BCUT2D eigenvalue weighted by molar-refractivity contribution is 5.81. The fourth-order valence-electron chi connectivity index (χ4n) is 4.38. The van der Waals surface area contributed by atoms with Crippen LogP contribution in [0.3, 0.4) is 0 Å². The Morgan fingerprint density at radius 2 is 2.11 bits per heavy atom. The molecule has 0 bridgehead atoms. The predicted octanol–water partition coefficient (Wildman–Crippen LogP) is 2.59. The van der Waals surface area contributed by atoms with Gasteiger partial charge in [0.25, 0.3) is 0 Å². The third-order valence-corrected chi connectivity index (χ3v) is 5.91. The van der Waals surface area contributed by atoms with Crippen molar-refractivity contribution in [1.82, 2.24) is 20.1 Å². The largest absolute Gasteiger partial charge is 0.342 e. The summed E-state index contributed by atoms with van der Waals surface area (Å²) in [5.41, 5.74) is 0.933. The van der Waals surface area contributed by atoms with Crippen LogP contribution in [0, 0.1) is 5.92 Å². The second kappa shape index (κ2) is 10.6. The van der Waals surface area contributed by atoms with Crippen LogP contribution >= 0.6 is 0 Å². The summed E-state index contributed by atoms with van der Waals surface area (Å²) in [6.07, 6.45) is 8.09. The molecule has 1 aromatic heterocycles. The van der Waals surface area contributed by atoms with E-state index >= 15 is 0 Å². The average Bonchev–Trinajstić information content (AvgIpc) is 3.02. The van der Waals surface area contributed by atoms with E-state index in [4.69, 9.17) is 0 Å². The van der Waals surface area contributed by atoms with Crippen molar-refractivity contribution in [2.75, 3.05) is 26.2 Å². The number of pyridine rings is 1. The van der Waals surface area contributed by atoms with Gasteiger partial charge >= 0.3 is 0 Å². The molecule has 1 N–H and O–H groups in total. The normalized spacial score (nSPS) is 23.1. The van der Waals surface area contributed by atoms with E-state index < -0.39 is 0 Å². The van der Waals surface area contributed by atoms with Gasteiger partial charge in [0.15, 0.2) is 0 Å². The smallest absolute Gasteiger partial charge is 0.228 e. The van der Waals surface area contributed by atoms with E-state index in [1.165, 1.54) is 0 Å². The minimum atomic E-state index is -0.0884. The topological polar surface area (TPSA) is 65.5 Å². The molecular formula is C22H34N4O2. The summed E-state index contributed by atoms with van der Waals surface area (Å²) in [6, 6.07) is 6.12. The zero-order valence-corrected chi connectivity index (χ0v) is 17.1. The van der Waals surface area contributed by atoms with Crippen molar-refractivity contribution >= 4 is 11.8 Å². The van der Waals surface area contributed by atoms with Crippen molar-refractivity contribution in [2.45, 2.75) is 64.5 Å². The number of aromatic nitrogens is 1. The molecule has 28 heavy (non-hydrogen) atoms. The van der Waals surface area contributed by atoms with Gasteiger partial charge in [0, 0.05) is 31.7 Å². The standard InChI is InChI=1S/C22H34N4O2/c1-2-7-21(27)25-15-6-8-18(16-25)22(28)26(17-19-9-3-4-13-24-19)20-10-5-12-23-14-11-20/h3-4,9,13,18,20,23H,2,5-8,10-12,14-17H2,1H3. The highest BCUT2D eigenvalue weighted by Gasteiger charge is 2.34. The van der Waals surface area contributed by atoms with Gasteiger partial charge in [-0.3, -0.25) is 14.6 Å². The molecule has 154 valence electrons. The van der Waals surface area contributed by atoms with Crippen molar-refractivity contribution in [3.05, 3.63) is 30.1 Å². The Labute approximate surface area is 168 Å². The molecule has 2 saturated heterocycles. The highest BCUT2D eigenvalue weighted by atomic mass is 16.2. The molecule has 0 aliphatic carbocycles. The van der Waals surface area contributed by atoms with E-state index in [9.17, 15) is 9.59 Å². The Morgan fingerprint density at radius 1 is 1.21 bits per heavy atom. The minimum Gasteiger partial charge on any atom is -0.342 e. The molecule has 0 spiro atoms. The predicted molar refractivity (Wildman–Crippen MR) is 110 cm³/mol. The maximum Gasteiger partial charge on any atom is 0.228 e. The Morgan fingerprint density at radius 3 is 2.89 bits per heavy atom. The number of hydrogen-bond donors (Lipinski definition) is 1. The summed E-state index contributed by atoms with van der Waals surface area (Å²) in [7, 11) is 0. The lowest BCUT2D eigenvalue weighted by Crippen LogP contribution is -2.49. The Balaban J connectivity index is 1.74. The number of carbonyl (C=O) groups is 2. The van der Waals surface area contributed by atoms with Gasteiger partial charge in [-0.1, -0.05) is 13.0 Å². The van der Waals surface area contributed by atoms with Crippen LogP contribution in [0.2, 0.25) is 0 Å². The fourth-order valence-corrected chi connectivity index (χ4v) is 4.38. The number of carbonyl (C=O) groups excluding carboxylic acids is 2. The first-order valence-electron chi connectivity index (χ1n) is 10.9. The van der Waals surface area contributed by atoms with Crippen LogP contribution < -0.4 is 5.32 Å².